The molecular weight excluding hydrogens is 244 g/mol. The van der Waals surface area contributed by atoms with Gasteiger partial charge in [-0.1, -0.05) is 53.9 Å². The minimum absolute atomic E-state index is 0.676. The molecule has 1 atom stereocenters. The standard InChI is InChI=1S/C18H41N2/c1-7-12-15-20(16-13-8-2,17-14-9-3)18(6)19(10-4)11-5/h18H,7-17H2,1-6H3/q+1. The van der Waals surface area contributed by atoms with E-state index in [9.17, 15) is 0 Å². The SMILES string of the molecule is CCCC[N+](CCCC)(CCCC)C(C)N(CC)CC. The Hall–Kier alpha value is -0.0800. The van der Waals surface area contributed by atoms with Crippen molar-refractivity contribution in [1.29, 1.82) is 0 Å². The normalized spacial score (nSPS) is 13.9. The fraction of sp³-hybridized carbons (Fsp3) is 1.00. The smallest absolute Gasteiger partial charge is 0.142 e. The van der Waals surface area contributed by atoms with Gasteiger partial charge in [-0.25, -0.2) is 0 Å². The van der Waals surface area contributed by atoms with E-state index in [0.29, 0.717) is 6.17 Å². The lowest BCUT2D eigenvalue weighted by Gasteiger charge is -2.48. The van der Waals surface area contributed by atoms with Crippen LogP contribution in [0.3, 0.4) is 0 Å². The molecule has 20 heavy (non-hydrogen) atoms. The van der Waals surface area contributed by atoms with Crippen molar-refractivity contribution in [1.82, 2.24) is 4.90 Å². The molecule has 2 nitrogen and oxygen atoms in total. The van der Waals surface area contributed by atoms with E-state index in [4.69, 9.17) is 0 Å². The maximum Gasteiger partial charge on any atom is 0.142 e. The third kappa shape index (κ3) is 6.13. The number of hydrogen-bond acceptors (Lipinski definition) is 1. The van der Waals surface area contributed by atoms with Crippen molar-refractivity contribution in [2.45, 2.75) is 86.2 Å². The number of unbranched alkanes of at least 4 members (excludes halogenated alkanes) is 3. The highest BCUT2D eigenvalue weighted by Gasteiger charge is 2.35. The molecule has 0 aromatic rings. The van der Waals surface area contributed by atoms with Crippen LogP contribution in [0.25, 0.3) is 0 Å². The van der Waals surface area contributed by atoms with Crippen molar-refractivity contribution in [3.8, 4) is 0 Å². The van der Waals surface area contributed by atoms with Crippen molar-refractivity contribution < 1.29 is 4.48 Å². The summed E-state index contributed by atoms with van der Waals surface area (Å²) in [4.78, 5) is 2.67. The maximum atomic E-state index is 2.67. The van der Waals surface area contributed by atoms with Crippen molar-refractivity contribution >= 4 is 0 Å². The fourth-order valence-electron chi connectivity index (χ4n) is 3.41. The quantitative estimate of drug-likeness (QED) is 0.344. The van der Waals surface area contributed by atoms with Crippen molar-refractivity contribution in [3.63, 3.8) is 0 Å². The number of quaternary nitrogens is 1. The fourth-order valence-corrected chi connectivity index (χ4v) is 3.41. The molecule has 0 saturated heterocycles. The first-order valence-corrected chi connectivity index (χ1v) is 9.21. The first-order valence-electron chi connectivity index (χ1n) is 9.21. The minimum atomic E-state index is 0.676. The molecule has 1 unspecified atom stereocenters. The number of rotatable bonds is 13. The van der Waals surface area contributed by atoms with Crippen LogP contribution >= 0.6 is 0 Å². The molecule has 0 aliphatic carbocycles. The van der Waals surface area contributed by atoms with Crippen molar-refractivity contribution in [3.05, 3.63) is 0 Å². The molecule has 0 amide bonds. The van der Waals surface area contributed by atoms with Crippen LogP contribution in [-0.4, -0.2) is 48.3 Å². The van der Waals surface area contributed by atoms with Gasteiger partial charge in [0.1, 0.15) is 6.17 Å². The van der Waals surface area contributed by atoms with Gasteiger partial charge in [-0.15, -0.1) is 0 Å². The first-order chi connectivity index (χ1) is 9.61. The average molecular weight is 286 g/mol. The summed E-state index contributed by atoms with van der Waals surface area (Å²) in [5.74, 6) is 0. The molecular formula is C18H41N2+. The van der Waals surface area contributed by atoms with E-state index in [2.05, 4.69) is 46.4 Å². The van der Waals surface area contributed by atoms with Gasteiger partial charge < -0.3 is 4.48 Å². The maximum absolute atomic E-state index is 2.67. The number of hydrogen-bond donors (Lipinski definition) is 0. The summed E-state index contributed by atoms with van der Waals surface area (Å²) in [7, 11) is 0. The van der Waals surface area contributed by atoms with Crippen molar-refractivity contribution in [2.75, 3.05) is 32.7 Å². The molecule has 0 saturated carbocycles. The van der Waals surface area contributed by atoms with E-state index in [-0.39, 0.29) is 0 Å². The van der Waals surface area contributed by atoms with Gasteiger partial charge in [-0.05, 0) is 19.3 Å². The topological polar surface area (TPSA) is 3.24 Å². The lowest BCUT2D eigenvalue weighted by atomic mass is 10.1. The summed E-state index contributed by atoms with van der Waals surface area (Å²) >= 11 is 0. The predicted molar refractivity (Wildman–Crippen MR) is 92.0 cm³/mol. The average Bonchev–Trinajstić information content (AvgIpc) is 2.48. The zero-order valence-electron chi connectivity index (χ0n) is 15.2. The zero-order valence-corrected chi connectivity index (χ0v) is 15.2. The van der Waals surface area contributed by atoms with Crippen LogP contribution in [0.5, 0.6) is 0 Å². The van der Waals surface area contributed by atoms with Crippen LogP contribution in [-0.2, 0) is 0 Å². The van der Waals surface area contributed by atoms with E-state index in [1.165, 1.54) is 75.7 Å². The summed E-state index contributed by atoms with van der Waals surface area (Å²) in [6, 6.07) is 0. The molecule has 0 aliphatic heterocycles. The van der Waals surface area contributed by atoms with Gasteiger partial charge >= 0.3 is 0 Å². The summed E-state index contributed by atoms with van der Waals surface area (Å²) < 4.78 is 1.33. The summed E-state index contributed by atoms with van der Waals surface area (Å²) in [6.45, 7) is 20.6. The largest absolute Gasteiger partial charge is 0.309 e. The molecule has 0 radical (unpaired) electrons. The third-order valence-corrected chi connectivity index (χ3v) is 5.00. The Morgan fingerprint density at radius 1 is 0.700 bits per heavy atom. The van der Waals surface area contributed by atoms with Gasteiger partial charge in [-0.3, -0.25) is 4.90 Å². The molecule has 122 valence electrons. The first kappa shape index (κ1) is 19.9. The predicted octanol–water partition coefficient (Wildman–Crippen LogP) is 4.89. The molecule has 0 bridgehead atoms. The highest BCUT2D eigenvalue weighted by molar-refractivity contribution is 4.60. The summed E-state index contributed by atoms with van der Waals surface area (Å²) in [5, 5.41) is 0. The Morgan fingerprint density at radius 3 is 1.30 bits per heavy atom. The van der Waals surface area contributed by atoms with Gasteiger partial charge in [-0.2, -0.15) is 0 Å². The Bertz CT molecular complexity index is 190. The van der Waals surface area contributed by atoms with Crippen LogP contribution in [0.4, 0.5) is 0 Å². The lowest BCUT2D eigenvalue weighted by Crippen LogP contribution is -2.62. The van der Waals surface area contributed by atoms with Crippen LogP contribution < -0.4 is 0 Å². The highest BCUT2D eigenvalue weighted by Crippen LogP contribution is 2.22. The molecule has 0 aromatic heterocycles. The molecule has 0 heterocycles. The van der Waals surface area contributed by atoms with Crippen LogP contribution in [0.15, 0.2) is 0 Å². The summed E-state index contributed by atoms with van der Waals surface area (Å²) in [6.07, 6.45) is 8.77. The molecule has 2 heteroatoms. The van der Waals surface area contributed by atoms with E-state index < -0.39 is 0 Å². The Balaban J connectivity index is 5.08. The van der Waals surface area contributed by atoms with Gasteiger partial charge in [0.25, 0.3) is 0 Å². The second-order valence-electron chi connectivity index (χ2n) is 6.30. The monoisotopic (exact) mass is 285 g/mol. The molecule has 0 N–H and O–H groups in total. The Morgan fingerprint density at radius 2 is 1.05 bits per heavy atom. The second-order valence-corrected chi connectivity index (χ2v) is 6.30. The van der Waals surface area contributed by atoms with Crippen LogP contribution in [0, 0.1) is 0 Å². The second kappa shape index (κ2) is 11.6. The molecule has 0 aromatic carbocycles. The highest BCUT2D eigenvalue weighted by atomic mass is 15.5. The number of nitrogens with zero attached hydrogens (tertiary/aromatic N) is 2. The van der Waals surface area contributed by atoms with E-state index in [0.717, 1.165) is 0 Å². The lowest BCUT2D eigenvalue weighted by molar-refractivity contribution is -0.960. The van der Waals surface area contributed by atoms with Crippen molar-refractivity contribution in [2.24, 2.45) is 0 Å². The molecule has 0 rings (SSSR count). The molecule has 0 spiro atoms. The minimum Gasteiger partial charge on any atom is -0.309 e. The molecule has 0 fully saturated rings. The van der Waals surface area contributed by atoms with E-state index >= 15 is 0 Å². The van der Waals surface area contributed by atoms with Gasteiger partial charge in [0.05, 0.1) is 19.6 Å². The van der Waals surface area contributed by atoms with Gasteiger partial charge in [0, 0.05) is 20.0 Å². The van der Waals surface area contributed by atoms with Crippen LogP contribution in [0.2, 0.25) is 0 Å². The van der Waals surface area contributed by atoms with E-state index in [1.807, 2.05) is 0 Å². The summed E-state index contributed by atoms with van der Waals surface area (Å²) in [5.41, 5.74) is 0. The Labute approximate surface area is 129 Å². The Kier molecular flexibility index (Phi) is 11.5. The third-order valence-electron chi connectivity index (χ3n) is 5.00. The zero-order chi connectivity index (χ0) is 15.4. The van der Waals surface area contributed by atoms with E-state index in [1.54, 1.807) is 0 Å². The molecule has 0 aliphatic rings. The van der Waals surface area contributed by atoms with Gasteiger partial charge in [0.2, 0.25) is 0 Å². The van der Waals surface area contributed by atoms with Crippen LogP contribution in [0.1, 0.15) is 80.1 Å². The van der Waals surface area contributed by atoms with Gasteiger partial charge in [0.15, 0.2) is 0 Å².